The Morgan fingerprint density at radius 2 is 2.32 bits per heavy atom. The van der Waals surface area contributed by atoms with E-state index >= 15 is 0 Å². The minimum atomic E-state index is -0.112. The van der Waals surface area contributed by atoms with Gasteiger partial charge in [-0.25, -0.2) is 0 Å². The van der Waals surface area contributed by atoms with Crippen LogP contribution >= 0.6 is 11.6 Å². The number of rotatable bonds is 6. The van der Waals surface area contributed by atoms with Crippen molar-refractivity contribution in [2.75, 3.05) is 13.2 Å². The molecule has 4 nitrogen and oxygen atoms in total. The smallest absolute Gasteiger partial charge is 0.257 e. The Labute approximate surface area is 118 Å². The van der Waals surface area contributed by atoms with Crippen LogP contribution in [0, 0.1) is 5.92 Å². The average molecular weight is 283 g/mol. The summed E-state index contributed by atoms with van der Waals surface area (Å²) in [6.07, 6.45) is 2.43. The van der Waals surface area contributed by atoms with Crippen LogP contribution in [0.3, 0.4) is 0 Å². The Bertz CT molecular complexity index is 459. The molecule has 0 aliphatic heterocycles. The lowest BCUT2D eigenvalue weighted by atomic mass is 10.1. The van der Waals surface area contributed by atoms with Gasteiger partial charge in [-0.1, -0.05) is 17.7 Å². The Morgan fingerprint density at radius 1 is 1.58 bits per heavy atom. The summed E-state index contributed by atoms with van der Waals surface area (Å²) in [5.41, 5.74) is 6.71. The summed E-state index contributed by atoms with van der Waals surface area (Å²) in [6.45, 7) is 2.63. The standard InChI is InChI=1S/C14H19ClN2O2/c1-9(16)11-4-5-13(12(15)6-11)19-8-14(18)17-7-10-2-3-10/h4-6,9-10H,2-3,7-8,16H2,1H3,(H,17,18)/t9-/m1/s1. The highest BCUT2D eigenvalue weighted by Gasteiger charge is 2.21. The maximum atomic E-state index is 11.5. The van der Waals surface area contributed by atoms with Gasteiger partial charge in [0.25, 0.3) is 5.91 Å². The van der Waals surface area contributed by atoms with Gasteiger partial charge in [-0.05, 0) is 43.4 Å². The molecule has 2 rings (SSSR count). The van der Waals surface area contributed by atoms with Crippen molar-refractivity contribution in [3.8, 4) is 5.75 Å². The molecular weight excluding hydrogens is 264 g/mol. The third kappa shape index (κ3) is 4.40. The number of amides is 1. The average Bonchev–Trinajstić information content (AvgIpc) is 3.18. The van der Waals surface area contributed by atoms with E-state index in [1.165, 1.54) is 12.8 Å². The lowest BCUT2D eigenvalue weighted by molar-refractivity contribution is -0.123. The van der Waals surface area contributed by atoms with Gasteiger partial charge in [0.15, 0.2) is 6.61 Å². The van der Waals surface area contributed by atoms with Crippen LogP contribution < -0.4 is 15.8 Å². The van der Waals surface area contributed by atoms with E-state index < -0.39 is 0 Å². The summed E-state index contributed by atoms with van der Waals surface area (Å²) in [5.74, 6) is 1.06. The van der Waals surface area contributed by atoms with Crippen molar-refractivity contribution in [1.29, 1.82) is 0 Å². The minimum absolute atomic E-state index is 0.00996. The Kier molecular flexibility index (Phi) is 4.66. The van der Waals surface area contributed by atoms with Crippen molar-refractivity contribution >= 4 is 17.5 Å². The number of hydrogen-bond donors (Lipinski definition) is 2. The second-order valence-corrected chi connectivity index (χ2v) is 5.42. The molecule has 1 aromatic rings. The van der Waals surface area contributed by atoms with Crippen LogP contribution in [0.25, 0.3) is 0 Å². The maximum Gasteiger partial charge on any atom is 0.257 e. The molecule has 1 atom stereocenters. The second-order valence-electron chi connectivity index (χ2n) is 5.01. The van der Waals surface area contributed by atoms with Gasteiger partial charge in [-0.2, -0.15) is 0 Å². The molecule has 1 fully saturated rings. The van der Waals surface area contributed by atoms with Crippen LogP contribution in [0.4, 0.5) is 0 Å². The van der Waals surface area contributed by atoms with Gasteiger partial charge >= 0.3 is 0 Å². The predicted octanol–water partition coefficient (Wildman–Crippen LogP) is 2.26. The summed E-state index contributed by atoms with van der Waals surface area (Å²) in [6, 6.07) is 5.29. The lowest BCUT2D eigenvalue weighted by Crippen LogP contribution is -2.30. The number of benzene rings is 1. The maximum absolute atomic E-state index is 11.5. The third-order valence-electron chi connectivity index (χ3n) is 3.13. The molecule has 0 spiro atoms. The first-order chi connectivity index (χ1) is 9.06. The zero-order valence-electron chi connectivity index (χ0n) is 11.0. The summed E-state index contributed by atoms with van der Waals surface area (Å²) >= 11 is 6.08. The fraction of sp³-hybridized carbons (Fsp3) is 0.500. The highest BCUT2D eigenvalue weighted by Crippen LogP contribution is 2.28. The van der Waals surface area contributed by atoms with Gasteiger partial charge in [-0.3, -0.25) is 4.79 Å². The fourth-order valence-electron chi connectivity index (χ4n) is 1.69. The zero-order valence-corrected chi connectivity index (χ0v) is 11.7. The van der Waals surface area contributed by atoms with E-state index in [0.717, 1.165) is 12.1 Å². The Balaban J connectivity index is 1.82. The normalized spacial score (nSPS) is 15.9. The van der Waals surface area contributed by atoms with Gasteiger partial charge in [0.2, 0.25) is 0 Å². The summed E-state index contributed by atoms with van der Waals surface area (Å²) < 4.78 is 5.40. The van der Waals surface area contributed by atoms with Crippen molar-refractivity contribution in [3.05, 3.63) is 28.8 Å². The van der Waals surface area contributed by atoms with E-state index in [1.54, 1.807) is 12.1 Å². The molecule has 5 heteroatoms. The monoisotopic (exact) mass is 282 g/mol. The minimum Gasteiger partial charge on any atom is -0.482 e. The number of nitrogens with one attached hydrogen (secondary N) is 1. The van der Waals surface area contributed by atoms with E-state index in [-0.39, 0.29) is 18.6 Å². The molecule has 0 heterocycles. The molecule has 0 aromatic heterocycles. The zero-order chi connectivity index (χ0) is 13.8. The molecule has 0 bridgehead atoms. The van der Waals surface area contributed by atoms with Gasteiger partial charge in [-0.15, -0.1) is 0 Å². The van der Waals surface area contributed by atoms with Crippen molar-refractivity contribution in [2.24, 2.45) is 11.7 Å². The Hall–Kier alpha value is -1.26. The predicted molar refractivity (Wildman–Crippen MR) is 75.3 cm³/mol. The molecule has 3 N–H and O–H groups in total. The van der Waals surface area contributed by atoms with Gasteiger partial charge in [0.05, 0.1) is 5.02 Å². The van der Waals surface area contributed by atoms with E-state index in [1.807, 2.05) is 13.0 Å². The van der Waals surface area contributed by atoms with Crippen LogP contribution in [-0.2, 0) is 4.79 Å². The molecule has 0 unspecified atom stereocenters. The highest BCUT2D eigenvalue weighted by molar-refractivity contribution is 6.32. The number of ether oxygens (including phenoxy) is 1. The first-order valence-electron chi connectivity index (χ1n) is 6.51. The summed E-state index contributed by atoms with van der Waals surface area (Å²) in [7, 11) is 0. The second kappa shape index (κ2) is 6.26. The summed E-state index contributed by atoms with van der Waals surface area (Å²) in [5, 5.41) is 3.31. The molecule has 1 saturated carbocycles. The number of carbonyl (C=O) groups is 1. The quantitative estimate of drug-likeness (QED) is 0.841. The van der Waals surface area contributed by atoms with Crippen molar-refractivity contribution < 1.29 is 9.53 Å². The van der Waals surface area contributed by atoms with Gasteiger partial charge in [0, 0.05) is 12.6 Å². The van der Waals surface area contributed by atoms with E-state index in [9.17, 15) is 4.79 Å². The van der Waals surface area contributed by atoms with Crippen LogP contribution in [0.5, 0.6) is 5.75 Å². The van der Waals surface area contributed by atoms with E-state index in [0.29, 0.717) is 16.7 Å². The molecular formula is C14H19ClN2O2. The van der Waals surface area contributed by atoms with E-state index in [4.69, 9.17) is 22.1 Å². The molecule has 1 amide bonds. The van der Waals surface area contributed by atoms with Crippen LogP contribution in [-0.4, -0.2) is 19.1 Å². The number of halogens is 1. The van der Waals surface area contributed by atoms with Gasteiger partial charge < -0.3 is 15.8 Å². The van der Waals surface area contributed by atoms with Crippen molar-refractivity contribution in [1.82, 2.24) is 5.32 Å². The number of nitrogens with two attached hydrogens (primary N) is 1. The molecule has 1 aliphatic carbocycles. The van der Waals surface area contributed by atoms with E-state index in [2.05, 4.69) is 5.32 Å². The fourth-order valence-corrected chi connectivity index (χ4v) is 1.94. The van der Waals surface area contributed by atoms with Crippen LogP contribution in [0.1, 0.15) is 31.4 Å². The molecule has 1 aliphatic rings. The molecule has 0 radical (unpaired) electrons. The van der Waals surface area contributed by atoms with Crippen molar-refractivity contribution in [3.63, 3.8) is 0 Å². The Morgan fingerprint density at radius 3 is 2.89 bits per heavy atom. The third-order valence-corrected chi connectivity index (χ3v) is 3.42. The molecule has 0 saturated heterocycles. The molecule has 1 aromatic carbocycles. The first kappa shape index (κ1) is 14.2. The van der Waals surface area contributed by atoms with Crippen molar-refractivity contribution in [2.45, 2.75) is 25.8 Å². The lowest BCUT2D eigenvalue weighted by Gasteiger charge is -2.11. The highest BCUT2D eigenvalue weighted by atomic mass is 35.5. The number of hydrogen-bond acceptors (Lipinski definition) is 3. The van der Waals surface area contributed by atoms with Gasteiger partial charge in [0.1, 0.15) is 5.75 Å². The summed E-state index contributed by atoms with van der Waals surface area (Å²) in [4.78, 5) is 11.5. The SMILES string of the molecule is C[C@@H](N)c1ccc(OCC(=O)NCC2CC2)c(Cl)c1. The molecule has 104 valence electrons. The topological polar surface area (TPSA) is 64.3 Å². The van der Waals surface area contributed by atoms with Crippen LogP contribution in [0.15, 0.2) is 18.2 Å². The first-order valence-corrected chi connectivity index (χ1v) is 6.88. The number of carbonyl (C=O) groups excluding carboxylic acids is 1. The van der Waals surface area contributed by atoms with Crippen LogP contribution in [0.2, 0.25) is 5.02 Å². The molecule has 19 heavy (non-hydrogen) atoms. The largest absolute Gasteiger partial charge is 0.482 e.